The summed E-state index contributed by atoms with van der Waals surface area (Å²) in [7, 11) is 0. The molecular weight excluding hydrogens is 347 g/mol. The Bertz CT molecular complexity index is 891. The van der Waals surface area contributed by atoms with Crippen molar-refractivity contribution in [3.05, 3.63) is 53.0 Å². The predicted molar refractivity (Wildman–Crippen MR) is 95.7 cm³/mol. The second-order valence-electron chi connectivity index (χ2n) is 8.27. The van der Waals surface area contributed by atoms with Crippen molar-refractivity contribution >= 4 is 5.91 Å². The lowest BCUT2D eigenvalue weighted by Crippen LogP contribution is -2.52. The van der Waals surface area contributed by atoms with Crippen molar-refractivity contribution < 1.29 is 18.7 Å². The number of nitrogens with zero attached hydrogens (tertiary/aromatic N) is 2. The average Bonchev–Trinajstić information content (AvgIpc) is 3.35. The number of halogens is 1. The summed E-state index contributed by atoms with van der Waals surface area (Å²) in [6, 6.07) is 4.95. The van der Waals surface area contributed by atoms with E-state index in [2.05, 4.69) is 4.98 Å². The third-order valence-electron chi connectivity index (χ3n) is 6.41. The molecule has 0 spiro atoms. The van der Waals surface area contributed by atoms with Crippen LogP contribution in [0.3, 0.4) is 0 Å². The number of piperidine rings is 1. The summed E-state index contributed by atoms with van der Waals surface area (Å²) in [4.78, 5) is 18.8. The van der Waals surface area contributed by atoms with E-state index in [0.29, 0.717) is 30.1 Å². The van der Waals surface area contributed by atoms with E-state index in [1.54, 1.807) is 12.1 Å². The summed E-state index contributed by atoms with van der Waals surface area (Å²) in [5.41, 5.74) is -0.401. The monoisotopic (exact) mass is 370 g/mol. The van der Waals surface area contributed by atoms with Crippen molar-refractivity contribution in [1.82, 2.24) is 9.88 Å². The normalized spacial score (nSPS) is 30.0. The third-order valence-corrected chi connectivity index (χ3v) is 6.41. The third kappa shape index (κ3) is 2.69. The number of fused-ring (bicyclic) bond motifs is 2. The van der Waals surface area contributed by atoms with Crippen molar-refractivity contribution in [1.29, 1.82) is 0 Å². The topological polar surface area (TPSA) is 66.6 Å². The maximum Gasteiger partial charge on any atom is 0.257 e. The van der Waals surface area contributed by atoms with Crippen LogP contribution in [0.1, 0.15) is 71.9 Å². The van der Waals surface area contributed by atoms with Crippen LogP contribution in [0.15, 0.2) is 28.8 Å². The Morgan fingerprint density at radius 3 is 2.63 bits per heavy atom. The molecule has 1 amide bonds. The van der Waals surface area contributed by atoms with Crippen molar-refractivity contribution in [2.75, 3.05) is 0 Å². The molecule has 1 aliphatic carbocycles. The molecule has 142 valence electrons. The van der Waals surface area contributed by atoms with Gasteiger partial charge in [0.15, 0.2) is 0 Å². The maximum atomic E-state index is 14.2. The largest absolute Gasteiger partial charge is 0.465 e. The molecule has 2 aromatic rings. The lowest BCUT2D eigenvalue weighted by atomic mass is 9.80. The number of hydrogen-bond acceptors (Lipinski definition) is 4. The van der Waals surface area contributed by atoms with Gasteiger partial charge in [-0.25, -0.2) is 4.98 Å². The number of aliphatic hydroxyl groups is 1. The summed E-state index contributed by atoms with van der Waals surface area (Å²) in [5.74, 6) is 1.39. The molecule has 4 heterocycles. The molecular formula is C21H23FN2O3. The molecule has 6 heteroatoms. The van der Waals surface area contributed by atoms with Crippen LogP contribution in [0.5, 0.6) is 0 Å². The van der Waals surface area contributed by atoms with Crippen molar-refractivity contribution in [2.45, 2.75) is 69.1 Å². The van der Waals surface area contributed by atoms with Gasteiger partial charge in [-0.05, 0) is 44.7 Å². The number of aryl methyl sites for hydroxylation is 1. The van der Waals surface area contributed by atoms with Crippen LogP contribution in [-0.4, -0.2) is 33.0 Å². The van der Waals surface area contributed by atoms with Gasteiger partial charge in [0.2, 0.25) is 5.95 Å². The zero-order valence-corrected chi connectivity index (χ0v) is 15.3. The summed E-state index contributed by atoms with van der Waals surface area (Å²) >= 11 is 0. The molecule has 3 fully saturated rings. The molecule has 2 atom stereocenters. The summed E-state index contributed by atoms with van der Waals surface area (Å²) in [6.07, 6.45) is 5.96. The Morgan fingerprint density at radius 1 is 1.30 bits per heavy atom. The molecule has 5 nitrogen and oxygen atoms in total. The van der Waals surface area contributed by atoms with Crippen LogP contribution in [0.2, 0.25) is 0 Å². The van der Waals surface area contributed by atoms with Gasteiger partial charge in [-0.3, -0.25) is 4.79 Å². The van der Waals surface area contributed by atoms with E-state index in [1.165, 1.54) is 6.20 Å². The highest BCUT2D eigenvalue weighted by molar-refractivity contribution is 5.96. The van der Waals surface area contributed by atoms with Crippen molar-refractivity contribution in [3.8, 4) is 0 Å². The molecule has 0 aromatic carbocycles. The first-order chi connectivity index (χ1) is 13.0. The van der Waals surface area contributed by atoms with E-state index in [4.69, 9.17) is 4.42 Å². The molecule has 2 saturated heterocycles. The highest BCUT2D eigenvalue weighted by Crippen LogP contribution is 2.47. The molecule has 3 aliphatic rings. The molecule has 2 aromatic heterocycles. The number of hydrogen-bond donors (Lipinski definition) is 1. The number of rotatable bonds is 3. The van der Waals surface area contributed by atoms with Crippen LogP contribution < -0.4 is 0 Å². The minimum absolute atomic E-state index is 0.0237. The average molecular weight is 370 g/mol. The Hall–Kier alpha value is -2.21. The predicted octanol–water partition coefficient (Wildman–Crippen LogP) is 3.65. The lowest BCUT2D eigenvalue weighted by Gasteiger charge is -2.43. The zero-order valence-electron chi connectivity index (χ0n) is 15.3. The smallest absolute Gasteiger partial charge is 0.257 e. The Morgan fingerprint density at radius 2 is 2.00 bits per heavy atom. The van der Waals surface area contributed by atoms with Crippen molar-refractivity contribution in [3.63, 3.8) is 0 Å². The van der Waals surface area contributed by atoms with Gasteiger partial charge in [0.05, 0.1) is 11.2 Å². The van der Waals surface area contributed by atoms with Gasteiger partial charge >= 0.3 is 0 Å². The molecule has 1 N–H and O–H groups in total. The standard InChI is InChI=1S/C21H23FN2O3/c1-12-16(9-18(27-12)13-4-5-13)20(25)24-14-6-7-15(24)11-21(26,10-14)17-3-2-8-23-19(17)22/h2-3,8-9,13-15,26H,4-7,10-11H2,1H3. The van der Waals surface area contributed by atoms with Gasteiger partial charge in [0.25, 0.3) is 5.91 Å². The Kier molecular flexibility index (Phi) is 3.69. The minimum Gasteiger partial charge on any atom is -0.465 e. The molecule has 2 bridgehead atoms. The molecule has 2 aliphatic heterocycles. The van der Waals surface area contributed by atoms with E-state index < -0.39 is 11.5 Å². The molecule has 1 saturated carbocycles. The van der Waals surface area contributed by atoms with Crippen LogP contribution in [-0.2, 0) is 5.60 Å². The van der Waals surface area contributed by atoms with Gasteiger partial charge in [-0.15, -0.1) is 0 Å². The second-order valence-corrected chi connectivity index (χ2v) is 8.27. The highest BCUT2D eigenvalue weighted by Gasteiger charge is 2.51. The number of furan rings is 1. The van der Waals surface area contributed by atoms with Crippen molar-refractivity contribution in [2.24, 2.45) is 0 Å². The molecule has 2 unspecified atom stereocenters. The zero-order chi connectivity index (χ0) is 18.8. The van der Waals surface area contributed by atoms with Gasteiger partial charge < -0.3 is 14.4 Å². The fourth-order valence-corrected chi connectivity index (χ4v) is 4.94. The Labute approximate surface area is 157 Å². The molecule has 5 rings (SSSR count). The quantitative estimate of drug-likeness (QED) is 0.838. The number of carbonyl (C=O) groups is 1. The van der Waals surface area contributed by atoms with Gasteiger partial charge in [-0.1, -0.05) is 6.07 Å². The first-order valence-electron chi connectivity index (χ1n) is 9.72. The highest BCUT2D eigenvalue weighted by atomic mass is 19.1. The first kappa shape index (κ1) is 16.9. The summed E-state index contributed by atoms with van der Waals surface area (Å²) < 4.78 is 20.0. The number of pyridine rings is 1. The van der Waals surface area contributed by atoms with E-state index in [-0.39, 0.29) is 23.6 Å². The van der Waals surface area contributed by atoms with Crippen LogP contribution >= 0.6 is 0 Å². The van der Waals surface area contributed by atoms with E-state index >= 15 is 0 Å². The Balaban J connectivity index is 1.42. The molecule has 0 radical (unpaired) electrons. The fraction of sp³-hybridized carbons (Fsp3) is 0.524. The maximum absolute atomic E-state index is 14.2. The SMILES string of the molecule is Cc1oc(C2CC2)cc1C(=O)N1C2CCC1CC(O)(c1cccnc1F)C2. The number of carbonyl (C=O) groups excluding carboxylic acids is 1. The van der Waals surface area contributed by atoms with E-state index in [1.807, 2.05) is 17.9 Å². The molecule has 27 heavy (non-hydrogen) atoms. The first-order valence-corrected chi connectivity index (χ1v) is 9.72. The van der Waals surface area contributed by atoms with E-state index in [0.717, 1.165) is 31.4 Å². The van der Waals surface area contributed by atoms with Crippen LogP contribution in [0.4, 0.5) is 4.39 Å². The second kappa shape index (κ2) is 5.89. The van der Waals surface area contributed by atoms with Crippen LogP contribution in [0.25, 0.3) is 0 Å². The summed E-state index contributed by atoms with van der Waals surface area (Å²) in [6.45, 7) is 1.84. The van der Waals surface area contributed by atoms with Gasteiger partial charge in [0, 0.05) is 42.6 Å². The number of amides is 1. The van der Waals surface area contributed by atoms with E-state index in [9.17, 15) is 14.3 Å². The van der Waals surface area contributed by atoms with Gasteiger partial charge in [-0.2, -0.15) is 4.39 Å². The number of aromatic nitrogens is 1. The van der Waals surface area contributed by atoms with Crippen LogP contribution in [0, 0.1) is 12.9 Å². The fourth-order valence-electron chi connectivity index (χ4n) is 4.94. The minimum atomic E-state index is -1.27. The lowest BCUT2D eigenvalue weighted by molar-refractivity contribution is -0.0504. The van der Waals surface area contributed by atoms with Gasteiger partial charge in [0.1, 0.15) is 11.5 Å². The summed E-state index contributed by atoms with van der Waals surface area (Å²) in [5, 5.41) is 11.2.